The van der Waals surface area contributed by atoms with Gasteiger partial charge in [0.2, 0.25) is 0 Å². The molecule has 0 radical (unpaired) electrons. The Kier molecular flexibility index (Phi) is 2.95. The summed E-state index contributed by atoms with van der Waals surface area (Å²) in [5.41, 5.74) is 18.5. The molecule has 1 unspecified atom stereocenters. The van der Waals surface area contributed by atoms with Crippen LogP contribution in [-0.4, -0.2) is 19.1 Å². The lowest BCUT2D eigenvalue weighted by Gasteiger charge is -2.29. The van der Waals surface area contributed by atoms with Gasteiger partial charge >= 0.3 is 0 Å². The molecule has 0 aromatic heterocycles. The monoisotopic (exact) mass is 182 g/mol. The van der Waals surface area contributed by atoms with Gasteiger partial charge in [-0.25, -0.2) is 0 Å². The molecule has 1 aliphatic carbocycles. The van der Waals surface area contributed by atoms with Gasteiger partial charge in [0.05, 0.1) is 5.70 Å². The average Bonchev–Trinajstić information content (AvgIpc) is 2.09. The van der Waals surface area contributed by atoms with Crippen molar-refractivity contribution in [2.24, 2.45) is 17.2 Å². The third-order valence-corrected chi connectivity index (χ3v) is 2.33. The molecule has 0 aromatic rings. The number of allylic oxidation sites excluding steroid dienone is 1. The van der Waals surface area contributed by atoms with Crippen molar-refractivity contribution in [3.8, 4) is 0 Å². The maximum atomic E-state index is 6.10. The van der Waals surface area contributed by atoms with Gasteiger partial charge in [-0.2, -0.15) is 0 Å². The first-order valence-corrected chi connectivity index (χ1v) is 4.44. The first-order valence-electron chi connectivity index (χ1n) is 4.44. The Balaban J connectivity index is 2.61. The predicted octanol–water partition coefficient (Wildman–Crippen LogP) is -0.618. The molecule has 4 nitrogen and oxygen atoms in total. The topological polar surface area (TPSA) is 90.1 Å². The minimum atomic E-state index is -0.323. The van der Waals surface area contributed by atoms with E-state index in [2.05, 4.69) is 5.32 Å². The maximum absolute atomic E-state index is 6.10. The van der Waals surface area contributed by atoms with E-state index in [-0.39, 0.29) is 5.54 Å². The third-order valence-electron chi connectivity index (χ3n) is 2.33. The van der Waals surface area contributed by atoms with Gasteiger partial charge in [-0.3, -0.25) is 0 Å². The van der Waals surface area contributed by atoms with Gasteiger partial charge in [-0.05, 0) is 26.1 Å². The molecule has 0 bridgehead atoms. The van der Waals surface area contributed by atoms with Crippen molar-refractivity contribution in [2.45, 2.75) is 18.4 Å². The van der Waals surface area contributed by atoms with E-state index in [4.69, 9.17) is 17.2 Å². The highest BCUT2D eigenvalue weighted by atomic mass is 14.8. The van der Waals surface area contributed by atoms with Crippen molar-refractivity contribution in [3.63, 3.8) is 0 Å². The minimum absolute atomic E-state index is 0.323. The summed E-state index contributed by atoms with van der Waals surface area (Å²) in [4.78, 5) is 0. The lowest BCUT2D eigenvalue weighted by molar-refractivity contribution is 0.463. The summed E-state index contributed by atoms with van der Waals surface area (Å²) in [5, 5.41) is 3.06. The second-order valence-corrected chi connectivity index (χ2v) is 3.58. The molecule has 7 N–H and O–H groups in total. The molecule has 0 aromatic carbocycles. The number of hydrogen-bond acceptors (Lipinski definition) is 4. The molecule has 0 heterocycles. The zero-order chi connectivity index (χ0) is 9.90. The molecule has 1 rings (SSSR count). The van der Waals surface area contributed by atoms with E-state index < -0.39 is 0 Å². The molecule has 4 heteroatoms. The Morgan fingerprint density at radius 1 is 1.54 bits per heavy atom. The van der Waals surface area contributed by atoms with Gasteiger partial charge in [0.1, 0.15) is 0 Å². The van der Waals surface area contributed by atoms with Crippen molar-refractivity contribution < 1.29 is 0 Å². The summed E-state index contributed by atoms with van der Waals surface area (Å²) in [7, 11) is 1.91. The Morgan fingerprint density at radius 3 is 2.77 bits per heavy atom. The third kappa shape index (κ3) is 2.47. The van der Waals surface area contributed by atoms with Gasteiger partial charge in [0.15, 0.2) is 0 Å². The Hall–Kier alpha value is -1.00. The standard InChI is InChI=1S/C9H18N4/c1-13-5-4-9(12)3-2-7(10)8(11)6-9/h2-3,13H,4-6,10-12H2,1H3. The zero-order valence-corrected chi connectivity index (χ0v) is 8.01. The molecule has 1 aliphatic rings. The van der Waals surface area contributed by atoms with E-state index in [1.807, 2.05) is 13.1 Å². The van der Waals surface area contributed by atoms with Crippen LogP contribution in [0.5, 0.6) is 0 Å². The molecule has 74 valence electrons. The van der Waals surface area contributed by atoms with Crippen LogP contribution in [0.2, 0.25) is 0 Å². The van der Waals surface area contributed by atoms with Crippen molar-refractivity contribution in [1.82, 2.24) is 5.32 Å². The molecule has 0 fully saturated rings. The Bertz CT molecular complexity index is 244. The van der Waals surface area contributed by atoms with Gasteiger partial charge in [-0.15, -0.1) is 0 Å². The van der Waals surface area contributed by atoms with Crippen LogP contribution < -0.4 is 22.5 Å². The predicted molar refractivity (Wildman–Crippen MR) is 54.6 cm³/mol. The number of nitrogens with two attached hydrogens (primary N) is 3. The molecule has 0 saturated carbocycles. The summed E-state index contributed by atoms with van der Waals surface area (Å²) in [6, 6.07) is 0. The highest BCUT2D eigenvalue weighted by Crippen LogP contribution is 2.22. The summed E-state index contributed by atoms with van der Waals surface area (Å²) < 4.78 is 0. The largest absolute Gasteiger partial charge is 0.400 e. The average molecular weight is 182 g/mol. The maximum Gasteiger partial charge on any atom is 0.0503 e. The zero-order valence-electron chi connectivity index (χ0n) is 8.01. The molecule has 13 heavy (non-hydrogen) atoms. The van der Waals surface area contributed by atoms with E-state index >= 15 is 0 Å². The Morgan fingerprint density at radius 2 is 2.23 bits per heavy atom. The second kappa shape index (κ2) is 3.81. The number of nitrogens with one attached hydrogen (secondary N) is 1. The van der Waals surface area contributed by atoms with Gasteiger partial charge in [0, 0.05) is 17.7 Å². The van der Waals surface area contributed by atoms with Crippen LogP contribution in [0, 0.1) is 0 Å². The normalized spacial score (nSPS) is 28.2. The molecule has 0 amide bonds. The van der Waals surface area contributed by atoms with Crippen LogP contribution in [0.15, 0.2) is 23.5 Å². The number of rotatable bonds is 3. The van der Waals surface area contributed by atoms with Crippen LogP contribution in [0.25, 0.3) is 0 Å². The van der Waals surface area contributed by atoms with E-state index in [0.717, 1.165) is 13.0 Å². The SMILES string of the molecule is CNCCC1(N)C=CC(N)=C(N)C1. The lowest BCUT2D eigenvalue weighted by Crippen LogP contribution is -2.43. The van der Waals surface area contributed by atoms with Crippen LogP contribution in [-0.2, 0) is 0 Å². The fourth-order valence-electron chi connectivity index (χ4n) is 1.41. The molecule has 0 aliphatic heterocycles. The number of hydrogen-bond donors (Lipinski definition) is 4. The minimum Gasteiger partial charge on any atom is -0.400 e. The summed E-state index contributed by atoms with van der Waals surface area (Å²) >= 11 is 0. The van der Waals surface area contributed by atoms with Crippen LogP contribution >= 0.6 is 0 Å². The van der Waals surface area contributed by atoms with E-state index in [1.165, 1.54) is 0 Å². The second-order valence-electron chi connectivity index (χ2n) is 3.58. The molecular formula is C9H18N4. The first kappa shape index (κ1) is 10.1. The van der Waals surface area contributed by atoms with Gasteiger partial charge in [-0.1, -0.05) is 6.08 Å². The van der Waals surface area contributed by atoms with Crippen LogP contribution in [0.4, 0.5) is 0 Å². The highest BCUT2D eigenvalue weighted by molar-refractivity contribution is 5.31. The summed E-state index contributed by atoms with van der Waals surface area (Å²) in [6.07, 6.45) is 5.26. The van der Waals surface area contributed by atoms with E-state index in [0.29, 0.717) is 17.8 Å². The van der Waals surface area contributed by atoms with E-state index in [9.17, 15) is 0 Å². The molecule has 0 spiro atoms. The summed E-state index contributed by atoms with van der Waals surface area (Å²) in [6.45, 7) is 0.883. The van der Waals surface area contributed by atoms with Gasteiger partial charge in [0.25, 0.3) is 0 Å². The lowest BCUT2D eigenvalue weighted by atomic mass is 9.86. The fraction of sp³-hybridized carbons (Fsp3) is 0.556. The summed E-state index contributed by atoms with van der Waals surface area (Å²) in [5.74, 6) is 0. The quantitative estimate of drug-likeness (QED) is 0.468. The fourth-order valence-corrected chi connectivity index (χ4v) is 1.41. The van der Waals surface area contributed by atoms with Crippen LogP contribution in [0.3, 0.4) is 0 Å². The van der Waals surface area contributed by atoms with Gasteiger partial charge < -0.3 is 22.5 Å². The van der Waals surface area contributed by atoms with Crippen molar-refractivity contribution in [2.75, 3.05) is 13.6 Å². The van der Waals surface area contributed by atoms with Crippen molar-refractivity contribution >= 4 is 0 Å². The van der Waals surface area contributed by atoms with Crippen molar-refractivity contribution in [1.29, 1.82) is 0 Å². The van der Waals surface area contributed by atoms with Crippen LogP contribution in [0.1, 0.15) is 12.8 Å². The first-order chi connectivity index (χ1) is 6.07. The van der Waals surface area contributed by atoms with E-state index in [1.54, 1.807) is 6.08 Å². The Labute approximate surface area is 78.8 Å². The smallest absolute Gasteiger partial charge is 0.0503 e. The molecule has 1 atom stereocenters. The highest BCUT2D eigenvalue weighted by Gasteiger charge is 2.25. The molecular weight excluding hydrogens is 164 g/mol. The van der Waals surface area contributed by atoms with Crippen molar-refractivity contribution in [3.05, 3.63) is 23.5 Å². The molecule has 0 saturated heterocycles.